The highest BCUT2D eigenvalue weighted by molar-refractivity contribution is 6.30. The van der Waals surface area contributed by atoms with E-state index in [4.69, 9.17) is 11.6 Å². The summed E-state index contributed by atoms with van der Waals surface area (Å²) in [6, 6.07) is 16.9. The van der Waals surface area contributed by atoms with Gasteiger partial charge in [-0.25, -0.2) is 0 Å². The third kappa shape index (κ3) is 5.33. The summed E-state index contributed by atoms with van der Waals surface area (Å²) in [5.41, 5.74) is 0.873. The van der Waals surface area contributed by atoms with E-state index < -0.39 is 11.5 Å². The molecule has 1 heterocycles. The maximum absolute atomic E-state index is 12.5. The molecule has 1 saturated heterocycles. The number of carbonyl (C=O) groups is 2. The molecular formula is C22H25ClN2O3. The Labute approximate surface area is 170 Å². The molecule has 148 valence electrons. The van der Waals surface area contributed by atoms with Gasteiger partial charge in [0.25, 0.3) is 0 Å². The van der Waals surface area contributed by atoms with Crippen LogP contribution >= 0.6 is 11.6 Å². The topological polar surface area (TPSA) is 69.6 Å². The lowest BCUT2D eigenvalue weighted by atomic mass is 9.96. The van der Waals surface area contributed by atoms with Crippen molar-refractivity contribution in [2.45, 2.75) is 31.8 Å². The van der Waals surface area contributed by atoms with Crippen LogP contribution in [0.25, 0.3) is 0 Å². The van der Waals surface area contributed by atoms with Gasteiger partial charge in [0.15, 0.2) is 0 Å². The zero-order valence-corrected chi connectivity index (χ0v) is 16.7. The third-order valence-electron chi connectivity index (χ3n) is 5.07. The van der Waals surface area contributed by atoms with Gasteiger partial charge in [0, 0.05) is 30.2 Å². The SMILES string of the molecule is C[C@@](O)(CCc1ccccc1)CNC(=O)[C@H]1CC(=O)N(c2ccc(Cl)cc2)C1. The molecule has 2 aromatic rings. The molecule has 6 heteroatoms. The van der Waals surface area contributed by atoms with Crippen LogP contribution in [0.4, 0.5) is 5.69 Å². The van der Waals surface area contributed by atoms with Crippen molar-refractivity contribution in [3.63, 3.8) is 0 Å². The number of aryl methyl sites for hydroxylation is 1. The molecular weight excluding hydrogens is 376 g/mol. The number of nitrogens with zero attached hydrogens (tertiary/aromatic N) is 1. The number of benzene rings is 2. The fourth-order valence-electron chi connectivity index (χ4n) is 3.32. The molecule has 1 aliphatic rings. The minimum absolute atomic E-state index is 0.0849. The first-order chi connectivity index (χ1) is 13.3. The molecule has 2 N–H and O–H groups in total. The fraction of sp³-hybridized carbons (Fsp3) is 0.364. The van der Waals surface area contributed by atoms with E-state index in [2.05, 4.69) is 5.32 Å². The normalized spacial score (nSPS) is 18.8. The summed E-state index contributed by atoms with van der Waals surface area (Å²) in [5, 5.41) is 14.0. The smallest absolute Gasteiger partial charge is 0.227 e. The minimum Gasteiger partial charge on any atom is -0.388 e. The van der Waals surface area contributed by atoms with Crippen LogP contribution in [-0.4, -0.2) is 35.6 Å². The predicted molar refractivity (Wildman–Crippen MR) is 110 cm³/mol. The summed E-state index contributed by atoms with van der Waals surface area (Å²) in [6.45, 7) is 2.21. The third-order valence-corrected chi connectivity index (χ3v) is 5.32. The van der Waals surface area contributed by atoms with Crippen LogP contribution in [0.2, 0.25) is 5.02 Å². The van der Waals surface area contributed by atoms with E-state index in [-0.39, 0.29) is 24.8 Å². The van der Waals surface area contributed by atoms with Crippen LogP contribution < -0.4 is 10.2 Å². The Kier molecular flexibility index (Phi) is 6.37. The fourth-order valence-corrected chi connectivity index (χ4v) is 3.45. The summed E-state index contributed by atoms with van der Waals surface area (Å²) >= 11 is 5.89. The first-order valence-electron chi connectivity index (χ1n) is 9.44. The highest BCUT2D eigenvalue weighted by atomic mass is 35.5. The highest BCUT2D eigenvalue weighted by Crippen LogP contribution is 2.26. The van der Waals surface area contributed by atoms with Gasteiger partial charge in [0.2, 0.25) is 11.8 Å². The van der Waals surface area contributed by atoms with Crippen molar-refractivity contribution >= 4 is 29.1 Å². The van der Waals surface area contributed by atoms with E-state index >= 15 is 0 Å². The first kappa shape index (κ1) is 20.4. The summed E-state index contributed by atoms with van der Waals surface area (Å²) in [6.07, 6.45) is 1.44. The zero-order chi connectivity index (χ0) is 20.1. The number of hydrogen-bond donors (Lipinski definition) is 2. The Morgan fingerprint density at radius 2 is 1.89 bits per heavy atom. The molecule has 0 spiro atoms. The number of rotatable bonds is 7. The molecule has 0 aliphatic carbocycles. The number of halogens is 1. The molecule has 0 bridgehead atoms. The quantitative estimate of drug-likeness (QED) is 0.749. The van der Waals surface area contributed by atoms with Crippen molar-refractivity contribution in [2.24, 2.45) is 5.92 Å². The second-order valence-corrected chi connectivity index (χ2v) is 8.02. The molecule has 5 nitrogen and oxygen atoms in total. The molecule has 0 aromatic heterocycles. The summed E-state index contributed by atoms with van der Waals surface area (Å²) < 4.78 is 0. The van der Waals surface area contributed by atoms with Gasteiger partial charge < -0.3 is 15.3 Å². The lowest BCUT2D eigenvalue weighted by Crippen LogP contribution is -2.43. The van der Waals surface area contributed by atoms with Crippen molar-refractivity contribution < 1.29 is 14.7 Å². The average Bonchev–Trinajstić information content (AvgIpc) is 3.08. The van der Waals surface area contributed by atoms with Gasteiger partial charge in [-0.1, -0.05) is 41.9 Å². The average molecular weight is 401 g/mol. The van der Waals surface area contributed by atoms with Crippen molar-refractivity contribution in [3.05, 3.63) is 65.2 Å². The van der Waals surface area contributed by atoms with Crippen LogP contribution in [0.1, 0.15) is 25.3 Å². The summed E-state index contributed by atoms with van der Waals surface area (Å²) in [7, 11) is 0. The lowest BCUT2D eigenvalue weighted by Gasteiger charge is -2.24. The minimum atomic E-state index is -1.01. The summed E-state index contributed by atoms with van der Waals surface area (Å²) in [4.78, 5) is 26.4. The van der Waals surface area contributed by atoms with Gasteiger partial charge in [-0.3, -0.25) is 9.59 Å². The van der Waals surface area contributed by atoms with Gasteiger partial charge in [-0.15, -0.1) is 0 Å². The second-order valence-electron chi connectivity index (χ2n) is 7.58. The van der Waals surface area contributed by atoms with E-state index in [1.54, 1.807) is 36.1 Å². The van der Waals surface area contributed by atoms with Crippen molar-refractivity contribution in [1.82, 2.24) is 5.32 Å². The Balaban J connectivity index is 1.50. The number of amides is 2. The second kappa shape index (κ2) is 8.76. The largest absolute Gasteiger partial charge is 0.388 e. The molecule has 2 amide bonds. The van der Waals surface area contributed by atoms with E-state index in [1.807, 2.05) is 30.3 Å². The van der Waals surface area contributed by atoms with Crippen molar-refractivity contribution in [3.8, 4) is 0 Å². The molecule has 0 unspecified atom stereocenters. The number of anilines is 1. The number of hydrogen-bond acceptors (Lipinski definition) is 3. The number of nitrogens with one attached hydrogen (secondary N) is 1. The molecule has 0 radical (unpaired) electrons. The van der Waals surface area contributed by atoms with E-state index in [9.17, 15) is 14.7 Å². The lowest BCUT2D eigenvalue weighted by molar-refractivity contribution is -0.127. The van der Waals surface area contributed by atoms with Crippen molar-refractivity contribution in [1.29, 1.82) is 0 Å². The Hall–Kier alpha value is -2.37. The van der Waals surface area contributed by atoms with Gasteiger partial charge in [-0.2, -0.15) is 0 Å². The predicted octanol–water partition coefficient (Wildman–Crippen LogP) is 3.19. The van der Waals surface area contributed by atoms with Crippen LogP contribution in [0.5, 0.6) is 0 Å². The summed E-state index contributed by atoms with van der Waals surface area (Å²) in [5.74, 6) is -0.712. The zero-order valence-electron chi connectivity index (χ0n) is 15.9. The Bertz CT molecular complexity index is 821. The number of carbonyl (C=O) groups excluding carboxylic acids is 2. The van der Waals surface area contributed by atoms with Crippen LogP contribution in [0.3, 0.4) is 0 Å². The molecule has 1 fully saturated rings. The van der Waals surface area contributed by atoms with Gasteiger partial charge in [0.05, 0.1) is 11.5 Å². The number of aliphatic hydroxyl groups is 1. The maximum atomic E-state index is 12.5. The van der Waals surface area contributed by atoms with Crippen LogP contribution in [0, 0.1) is 5.92 Å². The van der Waals surface area contributed by atoms with Gasteiger partial charge in [0.1, 0.15) is 0 Å². The Morgan fingerprint density at radius 3 is 2.57 bits per heavy atom. The molecule has 1 aliphatic heterocycles. The van der Waals surface area contributed by atoms with Crippen molar-refractivity contribution in [2.75, 3.05) is 18.0 Å². The molecule has 3 rings (SSSR count). The first-order valence-corrected chi connectivity index (χ1v) is 9.82. The van der Waals surface area contributed by atoms with E-state index in [1.165, 1.54) is 0 Å². The standard InChI is InChI=1S/C22H25ClN2O3/c1-22(28,12-11-16-5-3-2-4-6-16)15-24-21(27)17-13-20(26)25(14-17)19-9-7-18(23)8-10-19/h2-10,17,28H,11-15H2,1H3,(H,24,27)/t17-,22+/m0/s1. The molecule has 0 saturated carbocycles. The van der Waals surface area contributed by atoms with Crippen LogP contribution in [0.15, 0.2) is 54.6 Å². The Morgan fingerprint density at radius 1 is 1.21 bits per heavy atom. The molecule has 28 heavy (non-hydrogen) atoms. The van der Waals surface area contributed by atoms with Gasteiger partial charge in [-0.05, 0) is 49.6 Å². The van der Waals surface area contributed by atoms with Gasteiger partial charge >= 0.3 is 0 Å². The molecule has 2 aromatic carbocycles. The van der Waals surface area contributed by atoms with Crippen LogP contribution in [-0.2, 0) is 16.0 Å². The van der Waals surface area contributed by atoms with E-state index in [0.717, 1.165) is 17.7 Å². The highest BCUT2D eigenvalue weighted by Gasteiger charge is 2.35. The monoisotopic (exact) mass is 400 g/mol. The maximum Gasteiger partial charge on any atom is 0.227 e. The van der Waals surface area contributed by atoms with E-state index in [0.29, 0.717) is 18.0 Å². The molecule has 2 atom stereocenters.